The third-order valence-corrected chi connectivity index (χ3v) is 7.24. The second kappa shape index (κ2) is 8.93. The van der Waals surface area contributed by atoms with Crippen molar-refractivity contribution in [3.63, 3.8) is 0 Å². The van der Waals surface area contributed by atoms with E-state index < -0.39 is 0 Å². The van der Waals surface area contributed by atoms with Gasteiger partial charge in [0.2, 0.25) is 0 Å². The van der Waals surface area contributed by atoms with Crippen molar-refractivity contribution < 1.29 is 4.79 Å². The van der Waals surface area contributed by atoms with E-state index in [1.165, 1.54) is 11.3 Å². The largest absolute Gasteiger partial charge is 0.369 e. The molecule has 5 heteroatoms. The molecule has 0 bridgehead atoms. The lowest BCUT2D eigenvalue weighted by Gasteiger charge is -2.39. The Bertz CT molecular complexity index is 1150. The Morgan fingerprint density at radius 1 is 1.19 bits per heavy atom. The second-order valence-electron chi connectivity index (χ2n) is 8.57. The van der Waals surface area contributed by atoms with Crippen LogP contribution in [-0.2, 0) is 4.79 Å². The number of hydrogen-bond acceptors (Lipinski definition) is 5. The van der Waals surface area contributed by atoms with Gasteiger partial charge in [-0.1, -0.05) is 19.1 Å². The lowest BCUT2D eigenvalue weighted by Crippen LogP contribution is -2.50. The van der Waals surface area contributed by atoms with Crippen molar-refractivity contribution in [2.24, 2.45) is 0 Å². The zero-order chi connectivity index (χ0) is 22.1. The number of allylic oxidation sites excluding steroid dienone is 1. The molecule has 0 N–H and O–H groups in total. The Balaban J connectivity index is 1.68. The van der Waals surface area contributed by atoms with Gasteiger partial charge in [-0.05, 0) is 74.9 Å². The lowest BCUT2D eigenvalue weighted by molar-refractivity contribution is -0.113. The number of fused-ring (bicyclic) bond motifs is 1. The summed E-state index contributed by atoms with van der Waals surface area (Å²) in [6, 6.07) is 13.3. The molecule has 31 heavy (non-hydrogen) atoms. The molecule has 0 aliphatic carbocycles. The number of aryl methyl sites for hydroxylation is 2. The maximum Gasteiger partial charge on any atom is 0.163 e. The van der Waals surface area contributed by atoms with Crippen LogP contribution >= 0.6 is 11.3 Å². The van der Waals surface area contributed by atoms with E-state index in [4.69, 9.17) is 0 Å². The van der Waals surface area contributed by atoms with E-state index in [-0.39, 0.29) is 5.78 Å². The highest BCUT2D eigenvalue weighted by atomic mass is 32.1. The van der Waals surface area contributed by atoms with Gasteiger partial charge in [0, 0.05) is 43.4 Å². The van der Waals surface area contributed by atoms with Gasteiger partial charge in [-0.3, -0.25) is 4.79 Å². The normalized spacial score (nSPS) is 18.0. The molecule has 1 aliphatic heterocycles. The number of anilines is 1. The number of aromatic nitrogens is 1. The molecule has 0 saturated carbocycles. The van der Waals surface area contributed by atoms with Crippen molar-refractivity contribution in [1.29, 1.82) is 0 Å². The lowest BCUT2D eigenvalue weighted by atomic mass is 9.95. The molecule has 1 atom stereocenters. The van der Waals surface area contributed by atoms with E-state index >= 15 is 0 Å². The molecule has 2 aromatic carbocycles. The summed E-state index contributed by atoms with van der Waals surface area (Å²) < 4.78 is 1.13. The molecule has 1 saturated heterocycles. The first-order valence-electron chi connectivity index (χ1n) is 11.0. The minimum Gasteiger partial charge on any atom is -0.369 e. The van der Waals surface area contributed by atoms with Gasteiger partial charge >= 0.3 is 0 Å². The topological polar surface area (TPSA) is 36.4 Å². The molecule has 0 spiro atoms. The minimum absolute atomic E-state index is 0.164. The second-order valence-corrected chi connectivity index (χ2v) is 9.80. The van der Waals surface area contributed by atoms with Crippen molar-refractivity contribution >= 4 is 44.7 Å². The third-order valence-electron chi connectivity index (χ3n) is 6.31. The summed E-state index contributed by atoms with van der Waals surface area (Å²) in [4.78, 5) is 22.3. The first-order chi connectivity index (χ1) is 14.9. The molecule has 1 fully saturated rings. The Morgan fingerprint density at radius 3 is 2.71 bits per heavy atom. The summed E-state index contributed by atoms with van der Waals surface area (Å²) >= 11 is 1.67. The maximum absolute atomic E-state index is 12.9. The van der Waals surface area contributed by atoms with E-state index in [1.807, 2.05) is 26.0 Å². The fraction of sp³-hybridized carbons (Fsp3) is 0.385. The first kappa shape index (κ1) is 21.7. The number of Topliss-reactive ketones (excluding diaryl/α,β-unsaturated/α-hetero) is 1. The number of ketones is 1. The van der Waals surface area contributed by atoms with Crippen LogP contribution in [0.25, 0.3) is 21.9 Å². The summed E-state index contributed by atoms with van der Waals surface area (Å²) in [5, 5.41) is 1.05. The van der Waals surface area contributed by atoms with Crippen LogP contribution in [0.4, 0.5) is 5.69 Å². The van der Waals surface area contributed by atoms with Crippen LogP contribution in [0.2, 0.25) is 0 Å². The highest BCUT2D eigenvalue weighted by Gasteiger charge is 2.21. The van der Waals surface area contributed by atoms with Crippen molar-refractivity contribution in [1.82, 2.24) is 9.88 Å². The summed E-state index contributed by atoms with van der Waals surface area (Å²) in [5.41, 5.74) is 6.30. The van der Waals surface area contributed by atoms with Crippen molar-refractivity contribution in [3.05, 3.63) is 58.1 Å². The van der Waals surface area contributed by atoms with Crippen LogP contribution in [0.1, 0.15) is 42.0 Å². The number of nitrogens with zero attached hydrogens (tertiary/aromatic N) is 3. The number of carbonyl (C=O) groups excluding carboxylic acids is 1. The Kier molecular flexibility index (Phi) is 6.26. The molecule has 4 nitrogen and oxygen atoms in total. The predicted octanol–water partition coefficient (Wildman–Crippen LogP) is 5.57. The van der Waals surface area contributed by atoms with Crippen molar-refractivity contribution in [3.8, 4) is 0 Å². The Hall–Kier alpha value is -2.50. The molecule has 0 unspecified atom stereocenters. The maximum atomic E-state index is 12.9. The fourth-order valence-corrected chi connectivity index (χ4v) is 5.05. The molecule has 3 aromatic rings. The summed E-state index contributed by atoms with van der Waals surface area (Å²) in [6.07, 6.45) is 2.55. The third kappa shape index (κ3) is 4.58. The van der Waals surface area contributed by atoms with Gasteiger partial charge in [0.05, 0.1) is 15.2 Å². The van der Waals surface area contributed by atoms with Crippen LogP contribution < -0.4 is 4.90 Å². The van der Waals surface area contributed by atoms with E-state index in [0.29, 0.717) is 12.5 Å². The van der Waals surface area contributed by atoms with E-state index in [2.05, 4.69) is 66.0 Å². The first-order valence-corrected chi connectivity index (χ1v) is 11.9. The minimum atomic E-state index is 0.164. The molecule has 4 rings (SSSR count). The van der Waals surface area contributed by atoms with Gasteiger partial charge in [-0.25, -0.2) is 4.98 Å². The van der Waals surface area contributed by atoms with E-state index in [9.17, 15) is 4.79 Å². The van der Waals surface area contributed by atoms with E-state index in [0.717, 1.165) is 51.6 Å². The van der Waals surface area contributed by atoms with Crippen LogP contribution in [-0.4, -0.2) is 48.4 Å². The van der Waals surface area contributed by atoms with Gasteiger partial charge in [0.15, 0.2) is 5.78 Å². The Labute approximate surface area is 189 Å². The fourth-order valence-electron chi connectivity index (χ4n) is 4.18. The van der Waals surface area contributed by atoms with Crippen LogP contribution in [0.3, 0.4) is 0 Å². The van der Waals surface area contributed by atoms with Crippen LogP contribution in [0, 0.1) is 13.8 Å². The van der Waals surface area contributed by atoms with Gasteiger partial charge in [0.1, 0.15) is 0 Å². The highest BCUT2D eigenvalue weighted by molar-refractivity contribution is 7.18. The zero-order valence-corrected chi connectivity index (χ0v) is 19.9. The molecule has 2 heterocycles. The molecule has 162 valence electrons. The zero-order valence-electron chi connectivity index (χ0n) is 19.1. The number of likely N-dealkylation sites (N-methyl/N-ethyl adjacent to an activating group) is 1. The molecule has 1 aliphatic rings. The summed E-state index contributed by atoms with van der Waals surface area (Å²) in [6.45, 7) is 11.5. The number of thiazole rings is 1. The Morgan fingerprint density at radius 2 is 2.00 bits per heavy atom. The number of piperazine rings is 1. The predicted molar refractivity (Wildman–Crippen MR) is 133 cm³/mol. The average molecular weight is 434 g/mol. The van der Waals surface area contributed by atoms with E-state index in [1.54, 1.807) is 11.3 Å². The summed E-state index contributed by atoms with van der Waals surface area (Å²) in [7, 11) is 2.19. The van der Waals surface area contributed by atoms with Gasteiger partial charge < -0.3 is 9.80 Å². The number of carbonyl (C=O) groups is 1. The monoisotopic (exact) mass is 433 g/mol. The molecule has 1 aromatic heterocycles. The quantitative estimate of drug-likeness (QED) is 0.389. The summed E-state index contributed by atoms with van der Waals surface area (Å²) in [5.74, 6) is 0.164. The van der Waals surface area contributed by atoms with Crippen LogP contribution in [0.15, 0.2) is 36.4 Å². The number of hydrogen-bond donors (Lipinski definition) is 0. The number of benzene rings is 2. The standard InChI is InChI=1S/C26H31N3OS/c1-6-25(30)23(21-8-10-24-26(15-21)31-19(4)27-24)14-20-7-9-22(13-17(20)2)29-12-11-28(5)18(3)16-29/h7-10,13-15,18H,6,11-12,16H2,1-5H3/b23-14-/t18-/m0/s1. The smallest absolute Gasteiger partial charge is 0.163 e. The highest BCUT2D eigenvalue weighted by Crippen LogP contribution is 2.30. The van der Waals surface area contributed by atoms with Gasteiger partial charge in [0.25, 0.3) is 0 Å². The average Bonchev–Trinajstić information content (AvgIpc) is 3.13. The van der Waals surface area contributed by atoms with Crippen molar-refractivity contribution in [2.75, 3.05) is 31.6 Å². The number of rotatable bonds is 5. The van der Waals surface area contributed by atoms with Gasteiger partial charge in [-0.2, -0.15) is 0 Å². The molecular formula is C26H31N3OS. The SMILES string of the molecule is CCC(=O)/C(=C\c1ccc(N2CCN(C)[C@@H](C)C2)cc1C)c1ccc2nc(C)sc2c1. The van der Waals surface area contributed by atoms with Gasteiger partial charge in [-0.15, -0.1) is 11.3 Å². The molecular weight excluding hydrogens is 402 g/mol. The van der Waals surface area contributed by atoms with Crippen LogP contribution in [0.5, 0.6) is 0 Å². The molecule has 0 radical (unpaired) electrons. The van der Waals surface area contributed by atoms with Crippen molar-refractivity contribution in [2.45, 2.75) is 40.2 Å². The molecule has 0 amide bonds.